The van der Waals surface area contributed by atoms with Gasteiger partial charge in [-0.15, -0.1) is 0 Å². The lowest BCUT2D eigenvalue weighted by Gasteiger charge is -2.38. The first kappa shape index (κ1) is 12.2. The number of carbonyl (C=O) groups excluding carboxylic acids is 1. The van der Waals surface area contributed by atoms with Crippen LogP contribution < -0.4 is 0 Å². The van der Waals surface area contributed by atoms with Gasteiger partial charge in [0.05, 0.1) is 25.9 Å². The molecule has 0 saturated carbocycles. The van der Waals surface area contributed by atoms with Crippen molar-refractivity contribution in [3.8, 4) is 0 Å². The van der Waals surface area contributed by atoms with Gasteiger partial charge in [-0.3, -0.25) is 0 Å². The van der Waals surface area contributed by atoms with E-state index in [2.05, 4.69) is 11.5 Å². The molecule has 2 heterocycles. The van der Waals surface area contributed by atoms with Crippen LogP contribution in [0.2, 0.25) is 0 Å². The van der Waals surface area contributed by atoms with E-state index in [0.717, 1.165) is 30.7 Å². The van der Waals surface area contributed by atoms with Crippen LogP contribution in [0, 0.1) is 5.41 Å². The van der Waals surface area contributed by atoms with Gasteiger partial charge in [-0.05, 0) is 18.2 Å². The summed E-state index contributed by atoms with van der Waals surface area (Å²) < 4.78 is 12.3. The zero-order valence-corrected chi connectivity index (χ0v) is 11.2. The maximum atomic E-state index is 11.7. The van der Waals surface area contributed by atoms with Gasteiger partial charge in [-0.25, -0.2) is 4.79 Å². The van der Waals surface area contributed by atoms with Crippen LogP contribution in [0.15, 0.2) is 30.5 Å². The fraction of sp³-hybridized carbons (Fsp3) is 0.400. The molecule has 19 heavy (non-hydrogen) atoms. The number of ether oxygens (including phenoxy) is 2. The third-order valence-electron chi connectivity index (χ3n) is 3.67. The van der Waals surface area contributed by atoms with Crippen LogP contribution in [0.3, 0.4) is 0 Å². The summed E-state index contributed by atoms with van der Waals surface area (Å²) in [6, 6.07) is 7.70. The molecule has 1 aliphatic heterocycles. The van der Waals surface area contributed by atoms with Crippen molar-refractivity contribution >= 4 is 16.9 Å². The van der Waals surface area contributed by atoms with Crippen LogP contribution in [0.25, 0.3) is 10.9 Å². The number of methoxy groups -OCH3 is 1. The molecule has 0 atom stereocenters. The Balaban J connectivity index is 2.01. The summed E-state index contributed by atoms with van der Waals surface area (Å²) in [5, 5.41) is 0.943. The second-order valence-corrected chi connectivity index (χ2v) is 5.48. The van der Waals surface area contributed by atoms with Crippen molar-refractivity contribution in [2.24, 2.45) is 5.41 Å². The SMILES string of the molecule is COC(=O)c1cccc2c1ccn2CC1(C)COC1. The first-order valence-corrected chi connectivity index (χ1v) is 6.37. The Labute approximate surface area is 111 Å². The summed E-state index contributed by atoms with van der Waals surface area (Å²) in [4.78, 5) is 11.7. The number of carbonyl (C=O) groups is 1. The molecule has 0 aliphatic carbocycles. The molecule has 1 aromatic carbocycles. The van der Waals surface area contributed by atoms with Crippen molar-refractivity contribution in [2.75, 3.05) is 20.3 Å². The Morgan fingerprint density at radius 2 is 2.21 bits per heavy atom. The highest BCUT2D eigenvalue weighted by atomic mass is 16.5. The summed E-state index contributed by atoms with van der Waals surface area (Å²) in [5.41, 5.74) is 1.89. The molecule has 1 aliphatic rings. The van der Waals surface area contributed by atoms with Crippen LogP contribution in [0.4, 0.5) is 0 Å². The number of rotatable bonds is 3. The average Bonchev–Trinajstić information content (AvgIpc) is 2.79. The van der Waals surface area contributed by atoms with Gasteiger partial charge in [0.15, 0.2) is 0 Å². The lowest BCUT2D eigenvalue weighted by molar-refractivity contribution is -0.109. The number of hydrogen-bond donors (Lipinski definition) is 0. The third kappa shape index (κ3) is 2.02. The molecule has 1 fully saturated rings. The van der Waals surface area contributed by atoms with E-state index >= 15 is 0 Å². The molecule has 0 bridgehead atoms. The minimum absolute atomic E-state index is 0.202. The zero-order valence-electron chi connectivity index (χ0n) is 11.2. The molecule has 0 unspecified atom stereocenters. The van der Waals surface area contributed by atoms with E-state index in [-0.39, 0.29) is 11.4 Å². The molecule has 0 N–H and O–H groups in total. The van der Waals surface area contributed by atoms with E-state index in [1.54, 1.807) is 6.07 Å². The van der Waals surface area contributed by atoms with E-state index in [4.69, 9.17) is 9.47 Å². The van der Waals surface area contributed by atoms with E-state index in [1.807, 2.05) is 24.4 Å². The van der Waals surface area contributed by atoms with Gasteiger partial charge in [0.25, 0.3) is 0 Å². The van der Waals surface area contributed by atoms with Gasteiger partial charge in [0.1, 0.15) is 0 Å². The predicted octanol–water partition coefficient (Wildman–Crippen LogP) is 2.46. The molecule has 4 heteroatoms. The maximum Gasteiger partial charge on any atom is 0.338 e. The van der Waals surface area contributed by atoms with Gasteiger partial charge >= 0.3 is 5.97 Å². The summed E-state index contributed by atoms with van der Waals surface area (Å²) in [6.45, 7) is 4.71. The minimum atomic E-state index is -0.290. The highest BCUT2D eigenvalue weighted by molar-refractivity contribution is 6.03. The smallest absolute Gasteiger partial charge is 0.338 e. The van der Waals surface area contributed by atoms with Crippen LogP contribution in [0.5, 0.6) is 0 Å². The molecule has 0 radical (unpaired) electrons. The number of nitrogens with zero attached hydrogens (tertiary/aromatic N) is 1. The Bertz CT molecular complexity index is 625. The Hall–Kier alpha value is -1.81. The Morgan fingerprint density at radius 1 is 1.42 bits per heavy atom. The van der Waals surface area contributed by atoms with Crippen LogP contribution in [-0.2, 0) is 16.0 Å². The molecule has 1 aromatic heterocycles. The average molecular weight is 259 g/mol. The Kier molecular flexibility index (Phi) is 2.82. The lowest BCUT2D eigenvalue weighted by atomic mass is 9.88. The second kappa shape index (κ2) is 4.38. The number of benzene rings is 1. The molecule has 0 spiro atoms. The van der Waals surface area contributed by atoms with Crippen LogP contribution in [0.1, 0.15) is 17.3 Å². The number of esters is 1. The largest absolute Gasteiger partial charge is 0.465 e. The van der Waals surface area contributed by atoms with Gasteiger partial charge in [0, 0.05) is 29.1 Å². The first-order chi connectivity index (χ1) is 9.13. The van der Waals surface area contributed by atoms with Crippen LogP contribution in [-0.4, -0.2) is 30.9 Å². The fourth-order valence-electron chi connectivity index (χ4n) is 2.60. The van der Waals surface area contributed by atoms with Crippen molar-refractivity contribution < 1.29 is 14.3 Å². The van der Waals surface area contributed by atoms with Crippen molar-refractivity contribution in [2.45, 2.75) is 13.5 Å². The fourth-order valence-corrected chi connectivity index (χ4v) is 2.60. The molecule has 3 rings (SSSR count). The van der Waals surface area contributed by atoms with E-state index in [1.165, 1.54) is 7.11 Å². The summed E-state index contributed by atoms with van der Waals surface area (Å²) in [7, 11) is 1.41. The molecular weight excluding hydrogens is 242 g/mol. The van der Waals surface area contributed by atoms with E-state index < -0.39 is 0 Å². The molecule has 0 amide bonds. The monoisotopic (exact) mass is 259 g/mol. The van der Waals surface area contributed by atoms with Crippen molar-refractivity contribution in [3.05, 3.63) is 36.0 Å². The van der Waals surface area contributed by atoms with Gasteiger partial charge in [-0.1, -0.05) is 13.0 Å². The first-order valence-electron chi connectivity index (χ1n) is 6.37. The molecular formula is C15H17NO3. The number of hydrogen-bond acceptors (Lipinski definition) is 3. The van der Waals surface area contributed by atoms with Crippen LogP contribution >= 0.6 is 0 Å². The highest BCUT2D eigenvalue weighted by Crippen LogP contribution is 2.31. The third-order valence-corrected chi connectivity index (χ3v) is 3.67. The summed E-state index contributed by atoms with van der Waals surface area (Å²) in [5.74, 6) is -0.290. The number of aromatic nitrogens is 1. The Morgan fingerprint density at radius 3 is 2.84 bits per heavy atom. The topological polar surface area (TPSA) is 40.5 Å². The second-order valence-electron chi connectivity index (χ2n) is 5.48. The molecule has 4 nitrogen and oxygen atoms in total. The standard InChI is InChI=1S/C15H17NO3/c1-15(9-19-10-15)8-16-7-6-11-12(14(17)18-2)4-3-5-13(11)16/h3-7H,8-10H2,1-2H3. The number of fused-ring (bicyclic) bond motifs is 1. The van der Waals surface area contributed by atoms with Crippen molar-refractivity contribution in [3.63, 3.8) is 0 Å². The summed E-state index contributed by atoms with van der Waals surface area (Å²) in [6.07, 6.45) is 2.03. The molecule has 1 saturated heterocycles. The van der Waals surface area contributed by atoms with Crippen molar-refractivity contribution in [1.29, 1.82) is 0 Å². The van der Waals surface area contributed by atoms with E-state index in [9.17, 15) is 4.79 Å². The van der Waals surface area contributed by atoms with E-state index in [0.29, 0.717) is 5.56 Å². The van der Waals surface area contributed by atoms with Crippen molar-refractivity contribution in [1.82, 2.24) is 4.57 Å². The minimum Gasteiger partial charge on any atom is -0.465 e. The molecule has 100 valence electrons. The lowest BCUT2D eigenvalue weighted by Crippen LogP contribution is -2.42. The van der Waals surface area contributed by atoms with Gasteiger partial charge < -0.3 is 14.0 Å². The molecule has 2 aromatic rings. The summed E-state index contributed by atoms with van der Waals surface area (Å²) >= 11 is 0. The highest BCUT2D eigenvalue weighted by Gasteiger charge is 2.34. The zero-order chi connectivity index (χ0) is 13.5. The van der Waals surface area contributed by atoms with Gasteiger partial charge in [-0.2, -0.15) is 0 Å². The maximum absolute atomic E-state index is 11.7. The normalized spacial score (nSPS) is 17.2. The predicted molar refractivity (Wildman–Crippen MR) is 72.2 cm³/mol. The van der Waals surface area contributed by atoms with Gasteiger partial charge in [0.2, 0.25) is 0 Å². The quantitative estimate of drug-likeness (QED) is 0.795.